The van der Waals surface area contributed by atoms with Crippen LogP contribution in [0.2, 0.25) is 0 Å². The third-order valence-electron chi connectivity index (χ3n) is 3.00. The molecule has 0 amide bonds. The van der Waals surface area contributed by atoms with Crippen LogP contribution in [-0.4, -0.2) is 41.0 Å². The van der Waals surface area contributed by atoms with Gasteiger partial charge in [0.15, 0.2) is 5.82 Å². The summed E-state index contributed by atoms with van der Waals surface area (Å²) in [6.07, 6.45) is 5.00. The highest BCUT2D eigenvalue weighted by Gasteiger charge is 2.14. The quantitative estimate of drug-likeness (QED) is 0.848. The van der Waals surface area contributed by atoms with Crippen LogP contribution in [0.1, 0.15) is 19.8 Å². The van der Waals surface area contributed by atoms with Crippen molar-refractivity contribution >= 4 is 5.95 Å². The Hall–Kier alpha value is -1.23. The molecule has 94 valence electrons. The van der Waals surface area contributed by atoms with Gasteiger partial charge in [0.25, 0.3) is 0 Å². The number of aromatic nitrogens is 2. The summed E-state index contributed by atoms with van der Waals surface area (Å²) in [5.74, 6) is 0.641. The number of hydrogen-bond acceptors (Lipinski definition) is 4. The van der Waals surface area contributed by atoms with Gasteiger partial charge >= 0.3 is 0 Å². The van der Waals surface area contributed by atoms with Crippen LogP contribution in [0.5, 0.6) is 0 Å². The molecule has 0 radical (unpaired) electrons. The Bertz CT molecular complexity index is 335. The lowest BCUT2D eigenvalue weighted by Gasteiger charge is -2.20. The van der Waals surface area contributed by atoms with Gasteiger partial charge in [0.05, 0.1) is 12.4 Å². The van der Waals surface area contributed by atoms with Crippen molar-refractivity contribution in [2.45, 2.75) is 19.8 Å². The average Bonchev–Trinajstić information content (AvgIpc) is 2.81. The molecule has 1 aromatic rings. The number of likely N-dealkylation sites (tertiary alicyclic amines) is 1. The summed E-state index contributed by atoms with van der Waals surface area (Å²) in [6.45, 7) is 6.57. The van der Waals surface area contributed by atoms with Crippen LogP contribution >= 0.6 is 0 Å². The van der Waals surface area contributed by atoms with E-state index in [9.17, 15) is 4.39 Å². The van der Waals surface area contributed by atoms with Crippen LogP contribution in [-0.2, 0) is 0 Å². The monoisotopic (exact) mass is 238 g/mol. The summed E-state index contributed by atoms with van der Waals surface area (Å²) in [6, 6.07) is 0. The fourth-order valence-electron chi connectivity index (χ4n) is 2.14. The first kappa shape index (κ1) is 12.2. The molecule has 1 N–H and O–H groups in total. The van der Waals surface area contributed by atoms with Crippen LogP contribution in [0.25, 0.3) is 0 Å². The fraction of sp³-hybridized carbons (Fsp3) is 0.667. The fourth-order valence-corrected chi connectivity index (χ4v) is 2.14. The smallest absolute Gasteiger partial charge is 0.222 e. The van der Waals surface area contributed by atoms with Gasteiger partial charge in [0.1, 0.15) is 0 Å². The zero-order valence-electron chi connectivity index (χ0n) is 10.2. The molecule has 0 bridgehead atoms. The number of halogens is 1. The van der Waals surface area contributed by atoms with Crippen molar-refractivity contribution < 1.29 is 4.39 Å². The second-order valence-electron chi connectivity index (χ2n) is 4.72. The molecular formula is C12H19FN4. The molecule has 2 rings (SSSR count). The maximum Gasteiger partial charge on any atom is 0.222 e. The van der Waals surface area contributed by atoms with Crippen molar-refractivity contribution in [1.29, 1.82) is 0 Å². The standard InChI is InChI=1S/C12H19FN4/c1-10(9-17-4-2-3-5-17)6-14-12-15-7-11(13)8-16-12/h7-8,10H,2-6,9H2,1H3,(H,14,15,16). The maximum atomic E-state index is 12.6. The third kappa shape index (κ3) is 3.93. The lowest BCUT2D eigenvalue weighted by Crippen LogP contribution is -2.29. The van der Waals surface area contributed by atoms with E-state index in [1.54, 1.807) is 0 Å². The summed E-state index contributed by atoms with van der Waals surface area (Å²) in [5.41, 5.74) is 0. The average molecular weight is 238 g/mol. The Balaban J connectivity index is 1.71. The van der Waals surface area contributed by atoms with E-state index < -0.39 is 5.82 Å². The molecule has 17 heavy (non-hydrogen) atoms. The van der Waals surface area contributed by atoms with E-state index in [-0.39, 0.29) is 0 Å². The van der Waals surface area contributed by atoms with Gasteiger partial charge in [0.2, 0.25) is 5.95 Å². The van der Waals surface area contributed by atoms with E-state index in [0.717, 1.165) is 13.1 Å². The number of nitrogens with one attached hydrogen (secondary N) is 1. The molecule has 0 aromatic carbocycles. The lowest BCUT2D eigenvalue weighted by molar-refractivity contribution is 0.294. The van der Waals surface area contributed by atoms with Crippen molar-refractivity contribution in [2.24, 2.45) is 5.92 Å². The van der Waals surface area contributed by atoms with E-state index in [2.05, 4.69) is 27.1 Å². The molecule has 0 spiro atoms. The Kier molecular flexibility index (Phi) is 4.25. The van der Waals surface area contributed by atoms with Crippen molar-refractivity contribution in [2.75, 3.05) is 31.5 Å². The van der Waals surface area contributed by atoms with Crippen molar-refractivity contribution in [3.63, 3.8) is 0 Å². The number of anilines is 1. The van der Waals surface area contributed by atoms with Gasteiger partial charge in [-0.2, -0.15) is 0 Å². The first-order chi connectivity index (χ1) is 8.24. The van der Waals surface area contributed by atoms with Crippen LogP contribution in [0.4, 0.5) is 10.3 Å². The van der Waals surface area contributed by atoms with Crippen LogP contribution < -0.4 is 5.32 Å². The summed E-state index contributed by atoms with van der Waals surface area (Å²) < 4.78 is 12.6. The highest BCUT2D eigenvalue weighted by molar-refractivity contribution is 5.22. The Morgan fingerprint density at radius 2 is 2.00 bits per heavy atom. The summed E-state index contributed by atoms with van der Waals surface area (Å²) in [7, 11) is 0. The number of rotatable bonds is 5. The first-order valence-corrected chi connectivity index (χ1v) is 6.18. The minimum absolute atomic E-state index is 0.402. The van der Waals surface area contributed by atoms with Crippen molar-refractivity contribution in [1.82, 2.24) is 14.9 Å². The molecule has 1 unspecified atom stereocenters. The molecule has 1 aliphatic rings. The predicted octanol–water partition coefficient (Wildman–Crippen LogP) is 1.76. The van der Waals surface area contributed by atoms with Crippen molar-refractivity contribution in [3.05, 3.63) is 18.2 Å². The van der Waals surface area contributed by atoms with Gasteiger partial charge < -0.3 is 10.2 Å². The second-order valence-corrected chi connectivity index (χ2v) is 4.72. The Morgan fingerprint density at radius 3 is 2.65 bits per heavy atom. The number of hydrogen-bond donors (Lipinski definition) is 1. The van der Waals surface area contributed by atoms with Gasteiger partial charge in [-0.3, -0.25) is 0 Å². The highest BCUT2D eigenvalue weighted by Crippen LogP contribution is 2.10. The zero-order chi connectivity index (χ0) is 12.1. The lowest BCUT2D eigenvalue weighted by atomic mass is 10.1. The molecular weight excluding hydrogens is 219 g/mol. The van der Waals surface area contributed by atoms with E-state index in [1.165, 1.54) is 38.3 Å². The molecule has 1 atom stereocenters. The first-order valence-electron chi connectivity index (χ1n) is 6.18. The molecule has 5 heteroatoms. The molecule has 0 aliphatic carbocycles. The summed E-state index contributed by atoms with van der Waals surface area (Å²) in [5, 5.41) is 3.13. The minimum atomic E-state index is -0.402. The van der Waals surface area contributed by atoms with Gasteiger partial charge in [-0.25, -0.2) is 14.4 Å². The van der Waals surface area contributed by atoms with Crippen molar-refractivity contribution in [3.8, 4) is 0 Å². The van der Waals surface area contributed by atoms with E-state index in [4.69, 9.17) is 0 Å². The van der Waals surface area contributed by atoms with Gasteiger partial charge in [-0.15, -0.1) is 0 Å². The van der Waals surface area contributed by atoms with E-state index in [1.807, 2.05) is 0 Å². The second kappa shape index (κ2) is 5.91. The van der Waals surface area contributed by atoms with E-state index >= 15 is 0 Å². The van der Waals surface area contributed by atoms with E-state index in [0.29, 0.717) is 11.9 Å². The molecule has 0 saturated carbocycles. The molecule has 1 saturated heterocycles. The minimum Gasteiger partial charge on any atom is -0.354 e. The highest BCUT2D eigenvalue weighted by atomic mass is 19.1. The van der Waals surface area contributed by atoms with Crippen LogP contribution in [0, 0.1) is 11.7 Å². The van der Waals surface area contributed by atoms with Crippen LogP contribution in [0.15, 0.2) is 12.4 Å². The molecule has 2 heterocycles. The maximum absolute atomic E-state index is 12.6. The number of nitrogens with zero attached hydrogens (tertiary/aromatic N) is 3. The summed E-state index contributed by atoms with van der Waals surface area (Å²) in [4.78, 5) is 10.2. The molecule has 1 aliphatic heterocycles. The third-order valence-corrected chi connectivity index (χ3v) is 3.00. The predicted molar refractivity (Wildman–Crippen MR) is 65.3 cm³/mol. The molecule has 1 fully saturated rings. The SMILES string of the molecule is CC(CNc1ncc(F)cn1)CN1CCCC1. The van der Waals surface area contributed by atoms with Crippen LogP contribution in [0.3, 0.4) is 0 Å². The Labute approximate surface area is 101 Å². The molecule has 4 nitrogen and oxygen atoms in total. The summed E-state index contributed by atoms with van der Waals surface area (Å²) >= 11 is 0. The Morgan fingerprint density at radius 1 is 1.35 bits per heavy atom. The largest absolute Gasteiger partial charge is 0.354 e. The topological polar surface area (TPSA) is 41.1 Å². The zero-order valence-corrected chi connectivity index (χ0v) is 10.2. The normalized spacial score (nSPS) is 18.2. The van der Waals surface area contributed by atoms with Gasteiger partial charge in [-0.05, 0) is 31.8 Å². The van der Waals surface area contributed by atoms with Gasteiger partial charge in [0, 0.05) is 13.1 Å². The van der Waals surface area contributed by atoms with Gasteiger partial charge in [-0.1, -0.05) is 6.92 Å². The molecule has 1 aromatic heterocycles.